The molecule has 0 atom stereocenters. The van der Waals surface area contributed by atoms with Crippen molar-refractivity contribution in [3.63, 3.8) is 0 Å². The zero-order valence-electron chi connectivity index (χ0n) is 14.9. The molecule has 3 rings (SSSR count). The molecule has 0 spiro atoms. The standard InChI is InChI=1S/C19H19ClF2N2O3S/c20-16-7-6-14(28(26,27)24-9-3-1-2-4-10-24)12-15(16)19(25)23-13-5-8-17(21)18(22)11-13/h5-8,11-12H,1-4,9-10H2,(H,23,25). The molecule has 1 heterocycles. The highest BCUT2D eigenvalue weighted by Crippen LogP contribution is 2.26. The second-order valence-electron chi connectivity index (χ2n) is 6.54. The lowest BCUT2D eigenvalue weighted by Crippen LogP contribution is -2.32. The van der Waals surface area contributed by atoms with Crippen LogP contribution in [0, 0.1) is 11.6 Å². The molecule has 28 heavy (non-hydrogen) atoms. The number of carbonyl (C=O) groups excluding carboxylic acids is 1. The van der Waals surface area contributed by atoms with Gasteiger partial charge in [0.05, 0.1) is 15.5 Å². The predicted octanol–water partition coefficient (Wildman–Crippen LogP) is 4.44. The number of rotatable bonds is 4. The van der Waals surface area contributed by atoms with Gasteiger partial charge in [-0.15, -0.1) is 0 Å². The highest BCUT2D eigenvalue weighted by Gasteiger charge is 2.26. The fourth-order valence-electron chi connectivity index (χ4n) is 3.04. The van der Waals surface area contributed by atoms with Gasteiger partial charge in [-0.3, -0.25) is 4.79 Å². The Morgan fingerprint density at radius 2 is 1.64 bits per heavy atom. The van der Waals surface area contributed by atoms with Crippen LogP contribution in [0.5, 0.6) is 0 Å². The molecule has 2 aromatic carbocycles. The van der Waals surface area contributed by atoms with Gasteiger partial charge in [-0.25, -0.2) is 17.2 Å². The quantitative estimate of drug-likeness (QED) is 0.783. The minimum Gasteiger partial charge on any atom is -0.322 e. The summed E-state index contributed by atoms with van der Waals surface area (Å²) >= 11 is 6.07. The van der Waals surface area contributed by atoms with E-state index in [0.29, 0.717) is 13.1 Å². The lowest BCUT2D eigenvalue weighted by atomic mass is 10.2. The average Bonchev–Trinajstić information content (AvgIpc) is 2.95. The SMILES string of the molecule is O=C(Nc1ccc(F)c(F)c1)c1cc(S(=O)(=O)N2CCCCCC2)ccc1Cl. The minimum absolute atomic E-state index is 0.0285. The number of nitrogens with zero attached hydrogens (tertiary/aromatic N) is 1. The monoisotopic (exact) mass is 428 g/mol. The number of sulfonamides is 1. The first kappa shape index (κ1) is 20.7. The van der Waals surface area contributed by atoms with E-state index in [1.54, 1.807) is 0 Å². The second kappa shape index (κ2) is 8.55. The zero-order valence-corrected chi connectivity index (χ0v) is 16.5. The van der Waals surface area contributed by atoms with Crippen molar-refractivity contribution >= 4 is 33.2 Å². The number of benzene rings is 2. The van der Waals surface area contributed by atoms with Gasteiger partial charge in [0, 0.05) is 24.8 Å². The summed E-state index contributed by atoms with van der Waals surface area (Å²) < 4.78 is 53.6. The van der Waals surface area contributed by atoms with E-state index in [0.717, 1.165) is 37.8 Å². The smallest absolute Gasteiger partial charge is 0.257 e. The number of amides is 1. The van der Waals surface area contributed by atoms with Crippen LogP contribution in [0.1, 0.15) is 36.0 Å². The van der Waals surface area contributed by atoms with Gasteiger partial charge >= 0.3 is 0 Å². The third kappa shape index (κ3) is 4.51. The largest absolute Gasteiger partial charge is 0.322 e. The van der Waals surface area contributed by atoms with Gasteiger partial charge in [0.15, 0.2) is 11.6 Å². The lowest BCUT2D eigenvalue weighted by molar-refractivity contribution is 0.102. The number of halogens is 3. The molecule has 0 saturated carbocycles. The predicted molar refractivity (Wildman–Crippen MR) is 103 cm³/mol. The highest BCUT2D eigenvalue weighted by atomic mass is 35.5. The summed E-state index contributed by atoms with van der Waals surface area (Å²) in [6.45, 7) is 0.864. The molecule has 0 aromatic heterocycles. The van der Waals surface area contributed by atoms with Crippen molar-refractivity contribution in [1.29, 1.82) is 0 Å². The minimum atomic E-state index is -3.76. The maximum absolute atomic E-state index is 13.3. The van der Waals surface area contributed by atoms with Crippen molar-refractivity contribution < 1.29 is 22.0 Å². The van der Waals surface area contributed by atoms with E-state index in [1.807, 2.05) is 0 Å². The summed E-state index contributed by atoms with van der Waals surface area (Å²) in [5.74, 6) is -2.87. The normalized spacial score (nSPS) is 15.8. The molecule has 1 amide bonds. The second-order valence-corrected chi connectivity index (χ2v) is 8.89. The third-order valence-electron chi connectivity index (χ3n) is 4.56. The van der Waals surface area contributed by atoms with Gasteiger partial charge in [0.25, 0.3) is 5.91 Å². The highest BCUT2D eigenvalue weighted by molar-refractivity contribution is 7.89. The van der Waals surface area contributed by atoms with Crippen LogP contribution in [0.15, 0.2) is 41.3 Å². The van der Waals surface area contributed by atoms with Crippen LogP contribution in [0.4, 0.5) is 14.5 Å². The molecule has 150 valence electrons. The topological polar surface area (TPSA) is 66.5 Å². The number of hydrogen-bond acceptors (Lipinski definition) is 3. The van der Waals surface area contributed by atoms with Gasteiger partial charge in [0.1, 0.15) is 0 Å². The molecule has 1 aliphatic heterocycles. The zero-order chi connectivity index (χ0) is 20.3. The molecule has 9 heteroatoms. The van der Waals surface area contributed by atoms with E-state index < -0.39 is 27.6 Å². The van der Waals surface area contributed by atoms with E-state index in [1.165, 1.54) is 28.6 Å². The Hall–Kier alpha value is -2.03. The summed E-state index contributed by atoms with van der Waals surface area (Å²) in [6, 6.07) is 6.81. The summed E-state index contributed by atoms with van der Waals surface area (Å²) in [5, 5.41) is 2.45. The average molecular weight is 429 g/mol. The van der Waals surface area contributed by atoms with Gasteiger partial charge in [-0.05, 0) is 43.2 Å². The molecule has 5 nitrogen and oxygen atoms in total. The van der Waals surface area contributed by atoms with Gasteiger partial charge in [-0.1, -0.05) is 24.4 Å². The molecular weight excluding hydrogens is 410 g/mol. The van der Waals surface area contributed by atoms with Gasteiger partial charge in [-0.2, -0.15) is 4.31 Å². The molecule has 2 aromatic rings. The Bertz CT molecular complexity index is 991. The Morgan fingerprint density at radius 1 is 0.964 bits per heavy atom. The Labute approximate surface area is 167 Å². The fourth-order valence-corrected chi connectivity index (χ4v) is 4.79. The maximum atomic E-state index is 13.3. The lowest BCUT2D eigenvalue weighted by Gasteiger charge is -2.20. The van der Waals surface area contributed by atoms with Crippen LogP contribution in [0.2, 0.25) is 5.02 Å². The van der Waals surface area contributed by atoms with Crippen molar-refractivity contribution in [1.82, 2.24) is 4.31 Å². The van der Waals surface area contributed by atoms with Gasteiger partial charge in [0.2, 0.25) is 10.0 Å². The molecule has 1 aliphatic rings. The third-order valence-corrected chi connectivity index (χ3v) is 6.79. The first-order valence-electron chi connectivity index (χ1n) is 8.85. The van der Waals surface area contributed by atoms with Crippen molar-refractivity contribution in [3.8, 4) is 0 Å². The molecule has 0 bridgehead atoms. The summed E-state index contributed by atoms with van der Waals surface area (Å²) in [7, 11) is -3.76. The molecule has 0 aliphatic carbocycles. The van der Waals surface area contributed by atoms with Crippen LogP contribution in [-0.2, 0) is 10.0 Å². The first-order chi connectivity index (χ1) is 13.3. The van der Waals surface area contributed by atoms with Crippen molar-refractivity contribution in [3.05, 3.63) is 58.6 Å². The molecule has 1 N–H and O–H groups in total. The van der Waals surface area contributed by atoms with E-state index in [2.05, 4.69) is 5.32 Å². The molecule has 1 saturated heterocycles. The molecule has 1 fully saturated rings. The van der Waals surface area contributed by atoms with Crippen LogP contribution in [0.25, 0.3) is 0 Å². The van der Waals surface area contributed by atoms with Crippen LogP contribution < -0.4 is 5.32 Å². The van der Waals surface area contributed by atoms with Crippen LogP contribution in [-0.4, -0.2) is 31.7 Å². The Morgan fingerprint density at radius 3 is 2.29 bits per heavy atom. The fraction of sp³-hybridized carbons (Fsp3) is 0.316. The van der Waals surface area contributed by atoms with E-state index in [4.69, 9.17) is 11.6 Å². The number of anilines is 1. The molecule has 0 radical (unpaired) electrons. The van der Waals surface area contributed by atoms with Crippen LogP contribution in [0.3, 0.4) is 0 Å². The number of hydrogen-bond donors (Lipinski definition) is 1. The van der Waals surface area contributed by atoms with Crippen molar-refractivity contribution in [2.45, 2.75) is 30.6 Å². The molecular formula is C19H19ClF2N2O3S. The summed E-state index contributed by atoms with van der Waals surface area (Å²) in [6.07, 6.45) is 3.54. The van der Waals surface area contributed by atoms with Gasteiger partial charge < -0.3 is 5.32 Å². The van der Waals surface area contributed by atoms with E-state index in [9.17, 15) is 22.0 Å². The maximum Gasteiger partial charge on any atom is 0.257 e. The summed E-state index contributed by atoms with van der Waals surface area (Å²) in [5.41, 5.74) is -0.0389. The van der Waals surface area contributed by atoms with Crippen LogP contribution >= 0.6 is 11.6 Å². The number of carbonyl (C=O) groups is 1. The Kier molecular flexibility index (Phi) is 6.32. The number of nitrogens with one attached hydrogen (secondary N) is 1. The van der Waals surface area contributed by atoms with E-state index >= 15 is 0 Å². The van der Waals surface area contributed by atoms with Crippen molar-refractivity contribution in [2.75, 3.05) is 18.4 Å². The van der Waals surface area contributed by atoms with E-state index in [-0.39, 0.29) is 21.2 Å². The van der Waals surface area contributed by atoms with Crippen molar-refractivity contribution in [2.24, 2.45) is 0 Å². The Balaban J connectivity index is 1.88. The summed E-state index contributed by atoms with van der Waals surface area (Å²) in [4.78, 5) is 12.5. The molecule has 0 unspecified atom stereocenters. The first-order valence-corrected chi connectivity index (χ1v) is 10.7.